The highest BCUT2D eigenvalue weighted by Gasteiger charge is 2.35. The summed E-state index contributed by atoms with van der Waals surface area (Å²) in [4.78, 5) is 0. The quantitative estimate of drug-likeness (QED) is 0.160. The van der Waals surface area contributed by atoms with Crippen LogP contribution in [0.2, 0.25) is 0 Å². The maximum atomic E-state index is 15.3. The molecule has 0 N–H and O–H groups in total. The molecule has 330 valence electrons. The lowest BCUT2D eigenvalue weighted by molar-refractivity contribution is -0.137. The summed E-state index contributed by atoms with van der Waals surface area (Å²) < 4.78 is 50.0. The van der Waals surface area contributed by atoms with Crippen molar-refractivity contribution in [3.8, 4) is 79.1 Å². The van der Waals surface area contributed by atoms with Gasteiger partial charge in [-0.3, -0.25) is 0 Å². The summed E-state index contributed by atoms with van der Waals surface area (Å²) in [6.45, 7) is 0. The van der Waals surface area contributed by atoms with Crippen LogP contribution in [-0.2, 0) is 6.18 Å². The molecule has 12 rings (SSSR count). The first kappa shape index (κ1) is 42.0. The monoisotopic (exact) mass is 906 g/mol. The van der Waals surface area contributed by atoms with Gasteiger partial charge in [-0.15, -0.1) is 0 Å². The highest BCUT2D eigenvalue weighted by Crippen LogP contribution is 2.47. The van der Waals surface area contributed by atoms with Gasteiger partial charge in [-0.1, -0.05) is 176 Å². The first-order chi connectivity index (χ1) is 34.3. The molecule has 0 spiro atoms. The molecule has 0 saturated carbocycles. The van der Waals surface area contributed by atoms with Crippen LogP contribution in [-0.4, -0.2) is 9.13 Å². The largest absolute Gasteiger partial charge is 0.417 e. The summed E-state index contributed by atoms with van der Waals surface area (Å²) >= 11 is 0. The lowest BCUT2D eigenvalue weighted by Crippen LogP contribution is -2.09. The third-order valence-corrected chi connectivity index (χ3v) is 13.5. The summed E-state index contributed by atoms with van der Waals surface area (Å²) in [7, 11) is 0. The van der Waals surface area contributed by atoms with E-state index in [1.54, 1.807) is 12.1 Å². The zero-order chi connectivity index (χ0) is 47.5. The van der Waals surface area contributed by atoms with Gasteiger partial charge in [0, 0.05) is 21.5 Å². The number of alkyl halides is 3. The fourth-order valence-electron chi connectivity index (χ4n) is 10.5. The molecule has 0 aliphatic carbocycles. The highest BCUT2D eigenvalue weighted by molar-refractivity contribution is 6.18. The minimum Gasteiger partial charge on any atom is -0.308 e. The van der Waals surface area contributed by atoms with E-state index in [1.807, 2.05) is 137 Å². The number of benzene rings is 10. The zero-order valence-electron chi connectivity index (χ0n) is 37.3. The molecule has 10 aromatic carbocycles. The topological polar surface area (TPSA) is 57.4 Å². The molecule has 4 nitrogen and oxygen atoms in total. The molecule has 0 radical (unpaired) electrons. The molecule has 0 fully saturated rings. The molecule has 0 unspecified atom stereocenters. The van der Waals surface area contributed by atoms with Crippen LogP contribution in [0.25, 0.3) is 111 Å². The Bertz CT molecular complexity index is 3910. The minimum absolute atomic E-state index is 0.110. The van der Waals surface area contributed by atoms with Crippen molar-refractivity contribution in [1.82, 2.24) is 9.13 Å². The molecule has 2 heterocycles. The van der Waals surface area contributed by atoms with E-state index < -0.39 is 11.7 Å². The Morgan fingerprint density at radius 1 is 0.343 bits per heavy atom. The van der Waals surface area contributed by atoms with Crippen molar-refractivity contribution in [3.63, 3.8) is 0 Å². The van der Waals surface area contributed by atoms with Crippen molar-refractivity contribution in [2.24, 2.45) is 0 Å². The van der Waals surface area contributed by atoms with Crippen molar-refractivity contribution in [1.29, 1.82) is 10.5 Å². The molecule has 12 aromatic rings. The molecule has 2 aromatic heterocycles. The molecule has 7 heteroatoms. The molecule has 0 aliphatic heterocycles. The first-order valence-electron chi connectivity index (χ1n) is 22.9. The fourth-order valence-corrected chi connectivity index (χ4v) is 10.5. The highest BCUT2D eigenvalue weighted by atomic mass is 19.4. The lowest BCUT2D eigenvalue weighted by Gasteiger charge is -2.20. The summed E-state index contributed by atoms with van der Waals surface area (Å²) in [5.74, 6) is 0. The van der Waals surface area contributed by atoms with Gasteiger partial charge in [0.15, 0.2) is 0 Å². The van der Waals surface area contributed by atoms with E-state index in [0.717, 1.165) is 94.2 Å². The summed E-state index contributed by atoms with van der Waals surface area (Å²) in [5.41, 5.74) is 11.4. The molecule has 0 amide bonds. The average molecular weight is 907 g/mol. The number of nitrogens with zero attached hydrogens (tertiary/aromatic N) is 4. The van der Waals surface area contributed by atoms with Gasteiger partial charge in [-0.2, -0.15) is 23.7 Å². The number of hydrogen-bond donors (Lipinski definition) is 0. The Morgan fingerprint density at radius 3 is 1.21 bits per heavy atom. The van der Waals surface area contributed by atoms with Gasteiger partial charge in [-0.05, 0) is 104 Å². The van der Waals surface area contributed by atoms with Gasteiger partial charge in [0.05, 0.1) is 50.6 Å². The Hall–Kier alpha value is -9.43. The minimum atomic E-state index is -4.81. The van der Waals surface area contributed by atoms with E-state index in [1.165, 1.54) is 12.1 Å². The van der Waals surface area contributed by atoms with Crippen LogP contribution in [0.4, 0.5) is 13.2 Å². The molecule has 0 aliphatic rings. The standard InChI is InChI=1S/C63H37F3N4/c64-63(65,66)54-35-40(38-67)33-34-46(54)43-36-59(69-55-29-13-11-25-51(55)61-49(27-15-31-57(61)69)47-23-9-7-21-44(47)41-17-3-1-4-18-41)53(39-68)60(37-43)70-56-30-14-12-26-52(56)62-50(28-16-32-58(62)70)48-24-10-8-22-45(48)42-19-5-2-6-20-42/h1-37H. The molecule has 70 heavy (non-hydrogen) atoms. The van der Waals surface area contributed by atoms with Gasteiger partial charge in [-0.25, -0.2) is 0 Å². The molecule has 0 bridgehead atoms. The summed E-state index contributed by atoms with van der Waals surface area (Å²) in [6.07, 6.45) is -4.81. The van der Waals surface area contributed by atoms with E-state index in [4.69, 9.17) is 0 Å². The predicted octanol–water partition coefficient (Wildman–Crippen LogP) is 17.0. The molecular formula is C63H37F3N4. The van der Waals surface area contributed by atoms with E-state index in [-0.39, 0.29) is 22.3 Å². The van der Waals surface area contributed by atoms with Gasteiger partial charge >= 0.3 is 6.18 Å². The third kappa shape index (κ3) is 6.75. The number of halogens is 3. The number of hydrogen-bond acceptors (Lipinski definition) is 2. The van der Waals surface area contributed by atoms with Crippen LogP contribution < -0.4 is 0 Å². The van der Waals surface area contributed by atoms with Crippen molar-refractivity contribution in [2.75, 3.05) is 0 Å². The summed E-state index contributed by atoms with van der Waals surface area (Å²) in [5, 5.41) is 25.2. The van der Waals surface area contributed by atoms with Crippen LogP contribution in [0.3, 0.4) is 0 Å². The van der Waals surface area contributed by atoms with Crippen LogP contribution in [0, 0.1) is 22.7 Å². The molecule has 0 atom stereocenters. The van der Waals surface area contributed by atoms with E-state index in [0.29, 0.717) is 11.4 Å². The first-order valence-corrected chi connectivity index (χ1v) is 22.9. The van der Waals surface area contributed by atoms with Gasteiger partial charge in [0.1, 0.15) is 11.6 Å². The van der Waals surface area contributed by atoms with Crippen molar-refractivity contribution < 1.29 is 13.2 Å². The average Bonchev–Trinajstić information content (AvgIpc) is 3.94. The maximum Gasteiger partial charge on any atom is 0.417 e. The van der Waals surface area contributed by atoms with Gasteiger partial charge in [0.25, 0.3) is 0 Å². The van der Waals surface area contributed by atoms with Crippen LogP contribution in [0.5, 0.6) is 0 Å². The SMILES string of the molecule is N#Cc1ccc(-c2cc(-n3c4ccccc4c4c(-c5ccccc5-c5ccccc5)cccc43)c(C#N)c(-n3c4ccccc4c4c(-c5ccccc5-c5ccccc5)cccc43)c2)c(C(F)(F)F)c1. The number of fused-ring (bicyclic) bond motifs is 6. The second-order valence-electron chi connectivity index (χ2n) is 17.3. The lowest BCUT2D eigenvalue weighted by atomic mass is 9.92. The van der Waals surface area contributed by atoms with Crippen LogP contribution in [0.1, 0.15) is 16.7 Å². The normalized spacial score (nSPS) is 11.6. The van der Waals surface area contributed by atoms with E-state index >= 15 is 13.2 Å². The maximum absolute atomic E-state index is 15.3. The number of rotatable bonds is 7. The fraction of sp³-hybridized carbons (Fsp3) is 0.0159. The smallest absolute Gasteiger partial charge is 0.308 e. The van der Waals surface area contributed by atoms with Crippen LogP contribution in [0.15, 0.2) is 224 Å². The number of aromatic nitrogens is 2. The number of para-hydroxylation sites is 2. The Balaban J connectivity index is 1.21. The van der Waals surface area contributed by atoms with Crippen molar-refractivity contribution in [2.45, 2.75) is 6.18 Å². The van der Waals surface area contributed by atoms with E-state index in [9.17, 15) is 10.5 Å². The Morgan fingerprint density at radius 2 is 0.757 bits per heavy atom. The second kappa shape index (κ2) is 16.7. The second-order valence-corrected chi connectivity index (χ2v) is 17.3. The third-order valence-electron chi connectivity index (χ3n) is 13.5. The van der Waals surface area contributed by atoms with Gasteiger partial charge < -0.3 is 9.13 Å². The van der Waals surface area contributed by atoms with Crippen molar-refractivity contribution in [3.05, 3.63) is 241 Å². The molecule has 0 saturated heterocycles. The van der Waals surface area contributed by atoms with E-state index in [2.05, 4.69) is 78.9 Å². The Labute approximate surface area is 401 Å². The van der Waals surface area contributed by atoms with Crippen molar-refractivity contribution >= 4 is 43.6 Å². The number of nitriles is 2. The molecular weight excluding hydrogens is 870 g/mol. The predicted molar refractivity (Wildman–Crippen MR) is 277 cm³/mol. The van der Waals surface area contributed by atoms with Gasteiger partial charge in [0.2, 0.25) is 0 Å². The van der Waals surface area contributed by atoms with Crippen LogP contribution >= 0.6 is 0 Å². The summed E-state index contributed by atoms with van der Waals surface area (Å²) in [6, 6.07) is 76.7. The zero-order valence-corrected chi connectivity index (χ0v) is 37.3. The Kier molecular flexibility index (Phi) is 10.0.